The Morgan fingerprint density at radius 3 is 2.69 bits per heavy atom. The molecule has 0 fully saturated rings. The van der Waals surface area contributed by atoms with Crippen LogP contribution in [0.4, 0.5) is 5.69 Å². The molecule has 2 N–H and O–H groups in total. The van der Waals surface area contributed by atoms with E-state index in [1.54, 1.807) is 36.7 Å². The number of allylic oxidation sites excluding steroid dienone is 2. The second-order valence-corrected chi connectivity index (χ2v) is 6.16. The van der Waals surface area contributed by atoms with Crippen molar-refractivity contribution in [2.45, 2.75) is 19.4 Å². The van der Waals surface area contributed by atoms with E-state index >= 15 is 0 Å². The van der Waals surface area contributed by atoms with Gasteiger partial charge in [0, 0.05) is 29.7 Å². The van der Waals surface area contributed by atoms with Crippen LogP contribution < -0.4 is 10.1 Å². The fraction of sp³-hybridized carbons (Fsp3) is 0.250. The Labute approximate surface area is 151 Å². The van der Waals surface area contributed by atoms with E-state index in [-0.39, 0.29) is 5.91 Å². The van der Waals surface area contributed by atoms with Gasteiger partial charge >= 0.3 is 5.97 Å². The van der Waals surface area contributed by atoms with Gasteiger partial charge in [-0.3, -0.25) is 14.6 Å². The number of hydrogen-bond donors (Lipinski definition) is 2. The molecule has 1 amide bonds. The predicted octanol–water partition coefficient (Wildman–Crippen LogP) is 3.27. The average molecular weight is 352 g/mol. The second-order valence-electron chi connectivity index (χ2n) is 6.16. The summed E-state index contributed by atoms with van der Waals surface area (Å²) in [6, 6.07) is 10.8. The number of hydrogen-bond acceptors (Lipinski definition) is 4. The maximum Gasteiger partial charge on any atom is 0.307 e. The molecule has 2 atom stereocenters. The number of amides is 1. The van der Waals surface area contributed by atoms with E-state index in [0.717, 1.165) is 5.56 Å². The number of nitrogens with zero attached hydrogens (tertiary/aromatic N) is 1. The monoisotopic (exact) mass is 352 g/mol. The lowest BCUT2D eigenvalue weighted by molar-refractivity contribution is -0.146. The molecule has 3 rings (SSSR count). The summed E-state index contributed by atoms with van der Waals surface area (Å²) in [5.74, 6) is -1.87. The number of aromatic nitrogens is 1. The molecule has 1 aromatic carbocycles. The molecule has 6 heteroatoms. The van der Waals surface area contributed by atoms with Crippen LogP contribution in [-0.4, -0.2) is 22.0 Å². The van der Waals surface area contributed by atoms with Crippen molar-refractivity contribution in [2.24, 2.45) is 11.8 Å². The molecule has 0 bridgehead atoms. The van der Waals surface area contributed by atoms with Gasteiger partial charge in [0.25, 0.3) is 0 Å². The molecule has 1 aliphatic rings. The van der Waals surface area contributed by atoms with Gasteiger partial charge in [-0.2, -0.15) is 0 Å². The summed E-state index contributed by atoms with van der Waals surface area (Å²) in [6.45, 7) is 0.375. The topological polar surface area (TPSA) is 88.5 Å². The fourth-order valence-electron chi connectivity index (χ4n) is 2.93. The lowest BCUT2D eigenvalue weighted by atomic mass is 9.82. The number of anilines is 1. The van der Waals surface area contributed by atoms with Crippen LogP contribution in [0.3, 0.4) is 0 Å². The zero-order valence-electron chi connectivity index (χ0n) is 14.2. The summed E-state index contributed by atoms with van der Waals surface area (Å²) in [6.07, 6.45) is 7.91. The number of carboxylic acid groups (broad SMARTS) is 1. The van der Waals surface area contributed by atoms with Gasteiger partial charge in [-0.15, -0.1) is 0 Å². The van der Waals surface area contributed by atoms with Crippen molar-refractivity contribution in [1.29, 1.82) is 0 Å². The quantitative estimate of drug-likeness (QED) is 0.779. The third-order valence-corrected chi connectivity index (χ3v) is 4.32. The van der Waals surface area contributed by atoms with Crippen LogP contribution in [0.2, 0.25) is 0 Å². The van der Waals surface area contributed by atoms with Crippen LogP contribution in [-0.2, 0) is 16.2 Å². The zero-order chi connectivity index (χ0) is 18.4. The molecule has 134 valence electrons. The van der Waals surface area contributed by atoms with Gasteiger partial charge in [0.1, 0.15) is 12.4 Å². The number of benzene rings is 1. The van der Waals surface area contributed by atoms with Crippen molar-refractivity contribution in [3.8, 4) is 5.75 Å². The third kappa shape index (κ3) is 4.47. The van der Waals surface area contributed by atoms with Crippen LogP contribution in [0.25, 0.3) is 0 Å². The van der Waals surface area contributed by atoms with Gasteiger partial charge in [0.05, 0.1) is 11.8 Å². The van der Waals surface area contributed by atoms with Crippen molar-refractivity contribution < 1.29 is 19.4 Å². The van der Waals surface area contributed by atoms with E-state index in [1.807, 2.05) is 24.3 Å². The molecule has 1 heterocycles. The number of carbonyl (C=O) groups excluding carboxylic acids is 1. The van der Waals surface area contributed by atoms with Crippen LogP contribution >= 0.6 is 0 Å². The Bertz CT molecular complexity index is 804. The molecule has 0 radical (unpaired) electrons. The molecule has 0 saturated heterocycles. The van der Waals surface area contributed by atoms with Gasteiger partial charge in [-0.05, 0) is 31.0 Å². The van der Waals surface area contributed by atoms with E-state index in [9.17, 15) is 14.7 Å². The number of aliphatic carboxylic acids is 1. The van der Waals surface area contributed by atoms with E-state index < -0.39 is 17.8 Å². The highest BCUT2D eigenvalue weighted by Gasteiger charge is 2.33. The molecular weight excluding hydrogens is 332 g/mol. The fourth-order valence-corrected chi connectivity index (χ4v) is 2.93. The molecule has 6 nitrogen and oxygen atoms in total. The summed E-state index contributed by atoms with van der Waals surface area (Å²) >= 11 is 0. The average Bonchev–Trinajstić information content (AvgIpc) is 2.67. The van der Waals surface area contributed by atoms with E-state index in [0.29, 0.717) is 30.9 Å². The van der Waals surface area contributed by atoms with E-state index in [4.69, 9.17) is 4.74 Å². The maximum absolute atomic E-state index is 12.5. The Hall–Kier alpha value is -3.15. The third-order valence-electron chi connectivity index (χ3n) is 4.32. The lowest BCUT2D eigenvalue weighted by Gasteiger charge is -2.24. The van der Waals surface area contributed by atoms with E-state index in [2.05, 4.69) is 10.3 Å². The standard InChI is InChI=1S/C20H20N2O4/c23-19(17-8-1-2-9-18(17)20(24)25)22-15-6-3-7-16(11-15)26-13-14-5-4-10-21-12-14/h1-7,10-12,17-18H,8-9,13H2,(H,22,23)(H,24,25)/t17-,18+/m0/s1. The Morgan fingerprint density at radius 2 is 1.96 bits per heavy atom. The summed E-state index contributed by atoms with van der Waals surface area (Å²) < 4.78 is 5.72. The minimum Gasteiger partial charge on any atom is -0.489 e. The summed E-state index contributed by atoms with van der Waals surface area (Å²) in [5.41, 5.74) is 1.53. The minimum atomic E-state index is -0.942. The van der Waals surface area contributed by atoms with Crippen molar-refractivity contribution >= 4 is 17.6 Å². The van der Waals surface area contributed by atoms with Crippen LogP contribution in [0.5, 0.6) is 5.75 Å². The molecular formula is C20H20N2O4. The number of nitrogens with one attached hydrogen (secondary N) is 1. The normalized spacial score (nSPS) is 18.9. The first-order valence-corrected chi connectivity index (χ1v) is 8.44. The van der Waals surface area contributed by atoms with Gasteiger partial charge in [-0.25, -0.2) is 0 Å². The predicted molar refractivity (Wildman–Crippen MR) is 96.6 cm³/mol. The first-order valence-electron chi connectivity index (χ1n) is 8.44. The minimum absolute atomic E-state index is 0.286. The van der Waals surface area contributed by atoms with Gasteiger partial charge < -0.3 is 15.2 Å². The number of rotatable bonds is 6. The molecule has 1 aliphatic carbocycles. The zero-order valence-corrected chi connectivity index (χ0v) is 14.2. The van der Waals surface area contributed by atoms with Crippen molar-refractivity contribution in [2.75, 3.05) is 5.32 Å². The van der Waals surface area contributed by atoms with Gasteiger partial charge in [-0.1, -0.05) is 24.3 Å². The van der Waals surface area contributed by atoms with Crippen LogP contribution in [0, 0.1) is 11.8 Å². The Morgan fingerprint density at radius 1 is 1.15 bits per heavy atom. The largest absolute Gasteiger partial charge is 0.489 e. The maximum atomic E-state index is 12.5. The highest BCUT2D eigenvalue weighted by molar-refractivity contribution is 5.95. The van der Waals surface area contributed by atoms with Crippen molar-refractivity contribution in [1.82, 2.24) is 4.98 Å². The molecule has 2 aromatic rings. The molecule has 0 spiro atoms. The smallest absolute Gasteiger partial charge is 0.307 e. The molecule has 0 saturated carbocycles. The Balaban J connectivity index is 1.63. The SMILES string of the molecule is O=C(Nc1cccc(OCc2cccnc2)c1)[C@H]1CC=CC[C@H]1C(=O)O. The number of carbonyl (C=O) groups is 2. The van der Waals surface area contributed by atoms with Crippen molar-refractivity contribution in [3.05, 3.63) is 66.5 Å². The Kier molecular flexibility index (Phi) is 5.63. The van der Waals surface area contributed by atoms with Crippen molar-refractivity contribution in [3.63, 3.8) is 0 Å². The lowest BCUT2D eigenvalue weighted by Crippen LogP contribution is -2.34. The van der Waals surface area contributed by atoms with Crippen LogP contribution in [0.15, 0.2) is 60.9 Å². The molecule has 1 aromatic heterocycles. The highest BCUT2D eigenvalue weighted by Crippen LogP contribution is 2.28. The van der Waals surface area contributed by atoms with Gasteiger partial charge in [0.2, 0.25) is 5.91 Å². The number of pyridine rings is 1. The summed E-state index contributed by atoms with van der Waals surface area (Å²) in [7, 11) is 0. The number of carboxylic acids is 1. The summed E-state index contributed by atoms with van der Waals surface area (Å²) in [4.78, 5) is 27.9. The van der Waals surface area contributed by atoms with Crippen LogP contribution in [0.1, 0.15) is 18.4 Å². The highest BCUT2D eigenvalue weighted by atomic mass is 16.5. The molecule has 0 unspecified atom stereocenters. The molecule has 26 heavy (non-hydrogen) atoms. The first-order chi connectivity index (χ1) is 12.6. The first kappa shape index (κ1) is 17.7. The van der Waals surface area contributed by atoms with E-state index in [1.165, 1.54) is 0 Å². The number of ether oxygens (including phenoxy) is 1. The molecule has 0 aliphatic heterocycles. The van der Waals surface area contributed by atoms with Gasteiger partial charge in [0.15, 0.2) is 0 Å². The second kappa shape index (κ2) is 8.29. The summed E-state index contributed by atoms with van der Waals surface area (Å²) in [5, 5.41) is 12.1.